The fourth-order valence-electron chi connectivity index (χ4n) is 1.35. The van der Waals surface area contributed by atoms with E-state index in [0.717, 1.165) is 6.42 Å². The largest absolute Gasteiger partial charge is 0.347 e. The number of rotatable bonds is 5. The molecular formula is C11H20O4. The molecule has 0 amide bonds. The van der Waals surface area contributed by atoms with Crippen molar-refractivity contribution in [3.63, 3.8) is 0 Å². The Hall–Kier alpha value is -0.450. The van der Waals surface area contributed by atoms with Gasteiger partial charge in [-0.2, -0.15) is 0 Å². The van der Waals surface area contributed by atoms with E-state index in [2.05, 4.69) is 13.8 Å². The standard InChI is InChI=1S/C11H20O4/c1-5-8(2)10-13-7-11(4,15-10)14-6-9(3)12/h8,10H,5-7H2,1-4H3/t8?,10-,11-/m1/s1. The molecular weight excluding hydrogens is 196 g/mol. The minimum atomic E-state index is -0.764. The summed E-state index contributed by atoms with van der Waals surface area (Å²) in [7, 11) is 0. The molecule has 1 aliphatic heterocycles. The molecule has 1 rings (SSSR count). The first-order valence-corrected chi connectivity index (χ1v) is 5.39. The Morgan fingerprint density at radius 1 is 1.67 bits per heavy atom. The molecule has 0 aromatic heterocycles. The normalized spacial score (nSPS) is 32.9. The first-order chi connectivity index (χ1) is 6.97. The van der Waals surface area contributed by atoms with Crippen LogP contribution in [0.1, 0.15) is 34.1 Å². The van der Waals surface area contributed by atoms with Gasteiger partial charge in [0, 0.05) is 5.92 Å². The van der Waals surface area contributed by atoms with Crippen molar-refractivity contribution < 1.29 is 19.0 Å². The monoisotopic (exact) mass is 216 g/mol. The molecule has 0 aromatic rings. The highest BCUT2D eigenvalue weighted by atomic mass is 16.8. The third-order valence-corrected chi connectivity index (χ3v) is 2.56. The molecule has 1 saturated heterocycles. The smallest absolute Gasteiger partial charge is 0.192 e. The lowest BCUT2D eigenvalue weighted by Crippen LogP contribution is -2.34. The number of ether oxygens (including phenoxy) is 3. The van der Waals surface area contributed by atoms with Crippen LogP contribution in [-0.2, 0) is 19.0 Å². The van der Waals surface area contributed by atoms with Crippen LogP contribution in [0.25, 0.3) is 0 Å². The first kappa shape index (κ1) is 12.6. The summed E-state index contributed by atoms with van der Waals surface area (Å²) in [5.41, 5.74) is 0. The fourth-order valence-corrected chi connectivity index (χ4v) is 1.35. The van der Waals surface area contributed by atoms with Gasteiger partial charge < -0.3 is 14.2 Å². The molecule has 1 unspecified atom stereocenters. The Bertz CT molecular complexity index is 229. The predicted octanol–water partition coefficient (Wildman–Crippen LogP) is 1.73. The summed E-state index contributed by atoms with van der Waals surface area (Å²) in [6.45, 7) is 7.91. The molecule has 0 spiro atoms. The van der Waals surface area contributed by atoms with Crippen LogP contribution in [0.15, 0.2) is 0 Å². The van der Waals surface area contributed by atoms with Crippen LogP contribution in [0.5, 0.6) is 0 Å². The summed E-state index contributed by atoms with van der Waals surface area (Å²) in [4.78, 5) is 10.8. The van der Waals surface area contributed by atoms with Crippen molar-refractivity contribution in [2.45, 2.75) is 46.2 Å². The Kier molecular flexibility index (Phi) is 4.25. The van der Waals surface area contributed by atoms with Crippen LogP contribution in [0, 0.1) is 5.92 Å². The maximum absolute atomic E-state index is 10.8. The molecule has 4 nitrogen and oxygen atoms in total. The molecule has 1 heterocycles. The number of carbonyl (C=O) groups is 1. The van der Waals surface area contributed by atoms with E-state index in [1.165, 1.54) is 6.92 Å². The zero-order valence-corrected chi connectivity index (χ0v) is 9.91. The van der Waals surface area contributed by atoms with E-state index in [1.807, 2.05) is 0 Å². The molecule has 88 valence electrons. The Balaban J connectivity index is 2.42. The van der Waals surface area contributed by atoms with Gasteiger partial charge in [0.1, 0.15) is 13.2 Å². The van der Waals surface area contributed by atoms with E-state index in [-0.39, 0.29) is 18.7 Å². The van der Waals surface area contributed by atoms with Gasteiger partial charge in [0.15, 0.2) is 17.9 Å². The highest BCUT2D eigenvalue weighted by Gasteiger charge is 2.40. The maximum atomic E-state index is 10.8. The summed E-state index contributed by atoms with van der Waals surface area (Å²) in [5.74, 6) is -0.431. The zero-order chi connectivity index (χ0) is 11.5. The van der Waals surface area contributed by atoms with Crippen LogP contribution in [-0.4, -0.2) is 31.1 Å². The van der Waals surface area contributed by atoms with Crippen molar-refractivity contribution in [2.24, 2.45) is 5.92 Å². The quantitative estimate of drug-likeness (QED) is 0.702. The Labute approximate surface area is 90.9 Å². The highest BCUT2D eigenvalue weighted by molar-refractivity contribution is 5.76. The molecule has 4 heteroatoms. The molecule has 3 atom stereocenters. The number of ketones is 1. The lowest BCUT2D eigenvalue weighted by molar-refractivity contribution is -0.221. The van der Waals surface area contributed by atoms with Gasteiger partial charge in [0.05, 0.1) is 0 Å². The average molecular weight is 216 g/mol. The second kappa shape index (κ2) is 5.05. The number of Topliss-reactive ketones (excluding diaryl/α,β-unsaturated/α-hetero) is 1. The lowest BCUT2D eigenvalue weighted by atomic mass is 10.1. The van der Waals surface area contributed by atoms with Crippen molar-refractivity contribution in [2.75, 3.05) is 13.2 Å². The second-order valence-corrected chi connectivity index (χ2v) is 4.31. The molecule has 0 saturated carbocycles. The van der Waals surface area contributed by atoms with Crippen LogP contribution < -0.4 is 0 Å². The van der Waals surface area contributed by atoms with Crippen molar-refractivity contribution in [1.82, 2.24) is 0 Å². The van der Waals surface area contributed by atoms with E-state index >= 15 is 0 Å². The average Bonchev–Trinajstić information content (AvgIpc) is 2.58. The van der Waals surface area contributed by atoms with Crippen LogP contribution in [0.4, 0.5) is 0 Å². The number of carbonyl (C=O) groups excluding carboxylic acids is 1. The van der Waals surface area contributed by atoms with Gasteiger partial charge >= 0.3 is 0 Å². The van der Waals surface area contributed by atoms with E-state index < -0.39 is 5.79 Å². The highest BCUT2D eigenvalue weighted by Crippen LogP contribution is 2.29. The summed E-state index contributed by atoms with van der Waals surface area (Å²) < 4.78 is 16.5. The molecule has 1 fully saturated rings. The molecule has 1 aliphatic rings. The predicted molar refractivity (Wildman–Crippen MR) is 55.3 cm³/mol. The van der Waals surface area contributed by atoms with E-state index in [0.29, 0.717) is 12.5 Å². The molecule has 0 aromatic carbocycles. The second-order valence-electron chi connectivity index (χ2n) is 4.31. The van der Waals surface area contributed by atoms with Gasteiger partial charge in [-0.3, -0.25) is 4.79 Å². The van der Waals surface area contributed by atoms with Gasteiger partial charge in [-0.1, -0.05) is 13.8 Å². The summed E-state index contributed by atoms with van der Waals surface area (Å²) in [6.07, 6.45) is 0.778. The maximum Gasteiger partial charge on any atom is 0.192 e. The zero-order valence-electron chi connectivity index (χ0n) is 9.91. The molecule has 0 aliphatic carbocycles. The topological polar surface area (TPSA) is 44.8 Å². The van der Waals surface area contributed by atoms with Crippen LogP contribution in [0.3, 0.4) is 0 Å². The third kappa shape index (κ3) is 3.55. The van der Waals surface area contributed by atoms with Gasteiger partial charge in [-0.25, -0.2) is 0 Å². The van der Waals surface area contributed by atoms with Gasteiger partial charge in [-0.15, -0.1) is 0 Å². The minimum absolute atomic E-state index is 0.00758. The van der Waals surface area contributed by atoms with Crippen molar-refractivity contribution in [3.05, 3.63) is 0 Å². The third-order valence-electron chi connectivity index (χ3n) is 2.56. The minimum Gasteiger partial charge on any atom is -0.347 e. The lowest BCUT2D eigenvalue weighted by Gasteiger charge is -2.23. The van der Waals surface area contributed by atoms with Gasteiger partial charge in [0.2, 0.25) is 0 Å². The number of hydrogen-bond acceptors (Lipinski definition) is 4. The SMILES string of the molecule is CCC(C)[C@@H]1OC[C@](C)(OCC(C)=O)O1. The van der Waals surface area contributed by atoms with Gasteiger partial charge in [0.25, 0.3) is 0 Å². The summed E-state index contributed by atoms with van der Waals surface area (Å²) in [6, 6.07) is 0. The van der Waals surface area contributed by atoms with Crippen molar-refractivity contribution in [1.29, 1.82) is 0 Å². The summed E-state index contributed by atoms with van der Waals surface area (Å²) in [5, 5.41) is 0. The molecule has 0 radical (unpaired) electrons. The van der Waals surface area contributed by atoms with E-state index in [9.17, 15) is 4.79 Å². The van der Waals surface area contributed by atoms with Crippen LogP contribution >= 0.6 is 0 Å². The first-order valence-electron chi connectivity index (χ1n) is 5.39. The summed E-state index contributed by atoms with van der Waals surface area (Å²) >= 11 is 0. The van der Waals surface area contributed by atoms with Crippen LogP contribution in [0.2, 0.25) is 0 Å². The van der Waals surface area contributed by atoms with E-state index in [1.54, 1.807) is 6.92 Å². The molecule has 15 heavy (non-hydrogen) atoms. The molecule has 0 N–H and O–H groups in total. The molecule has 0 bridgehead atoms. The van der Waals surface area contributed by atoms with Crippen molar-refractivity contribution >= 4 is 5.78 Å². The Morgan fingerprint density at radius 3 is 2.87 bits per heavy atom. The Morgan fingerprint density at radius 2 is 2.33 bits per heavy atom. The van der Waals surface area contributed by atoms with Crippen molar-refractivity contribution in [3.8, 4) is 0 Å². The van der Waals surface area contributed by atoms with Gasteiger partial charge in [-0.05, 0) is 20.3 Å². The number of hydrogen-bond donors (Lipinski definition) is 0. The van der Waals surface area contributed by atoms with E-state index in [4.69, 9.17) is 14.2 Å². The fraction of sp³-hybridized carbons (Fsp3) is 0.909.